The van der Waals surface area contributed by atoms with E-state index in [4.69, 9.17) is 9.47 Å². The van der Waals surface area contributed by atoms with Crippen molar-refractivity contribution in [3.63, 3.8) is 0 Å². The molecule has 2 atom stereocenters. The summed E-state index contributed by atoms with van der Waals surface area (Å²) in [6.07, 6.45) is 1.45. The van der Waals surface area contributed by atoms with Gasteiger partial charge in [0.2, 0.25) is 12.7 Å². The molecule has 1 aromatic carbocycles. The summed E-state index contributed by atoms with van der Waals surface area (Å²) in [6.45, 7) is 3.38. The Kier molecular flexibility index (Phi) is 5.39. The SMILES string of the molecule is CCn1nccc1C(=O)N1CC[C@H](O)[C@H](NC(=O)Cc2ccc3c(c2)OCO3)C1. The standard InChI is InChI=1S/C20H24N4O5/c1-2-24-15(5-7-21-24)20(27)23-8-6-16(25)14(11-23)22-19(26)10-13-3-4-17-18(9-13)29-12-28-17/h3-5,7,9,14,16,25H,2,6,8,10-12H2,1H3,(H,22,26)/t14-,16+/m1/s1. The number of carbonyl (C=O) groups excluding carboxylic acids is 2. The molecule has 4 rings (SSSR count). The van der Waals surface area contributed by atoms with Crippen molar-refractivity contribution in [3.8, 4) is 11.5 Å². The lowest BCUT2D eigenvalue weighted by atomic mass is 10.0. The number of piperidine rings is 1. The summed E-state index contributed by atoms with van der Waals surface area (Å²) in [5.41, 5.74) is 1.30. The topological polar surface area (TPSA) is 106 Å². The van der Waals surface area contributed by atoms with Gasteiger partial charge in [0.15, 0.2) is 11.5 Å². The Morgan fingerprint density at radius 2 is 2.10 bits per heavy atom. The number of hydrogen-bond acceptors (Lipinski definition) is 6. The van der Waals surface area contributed by atoms with Crippen LogP contribution in [0.1, 0.15) is 29.4 Å². The number of aryl methyl sites for hydroxylation is 1. The number of rotatable bonds is 5. The molecule has 1 fully saturated rings. The molecule has 0 unspecified atom stereocenters. The van der Waals surface area contributed by atoms with Gasteiger partial charge in [-0.3, -0.25) is 14.3 Å². The summed E-state index contributed by atoms with van der Waals surface area (Å²) in [5.74, 6) is 0.918. The van der Waals surface area contributed by atoms with Gasteiger partial charge in [-0.15, -0.1) is 0 Å². The maximum atomic E-state index is 12.8. The molecule has 0 saturated carbocycles. The van der Waals surface area contributed by atoms with E-state index >= 15 is 0 Å². The number of aliphatic hydroxyl groups excluding tert-OH is 1. The summed E-state index contributed by atoms with van der Waals surface area (Å²) in [4.78, 5) is 27.0. The zero-order valence-electron chi connectivity index (χ0n) is 16.2. The van der Waals surface area contributed by atoms with Crippen LogP contribution in [0.5, 0.6) is 11.5 Å². The Morgan fingerprint density at radius 3 is 2.93 bits per heavy atom. The first-order valence-corrected chi connectivity index (χ1v) is 9.72. The number of nitrogens with one attached hydrogen (secondary N) is 1. The van der Waals surface area contributed by atoms with Crippen LogP contribution in [0.25, 0.3) is 0 Å². The number of amides is 2. The average Bonchev–Trinajstić information content (AvgIpc) is 3.37. The Morgan fingerprint density at radius 1 is 1.28 bits per heavy atom. The third kappa shape index (κ3) is 4.04. The van der Waals surface area contributed by atoms with Crippen LogP contribution in [0.4, 0.5) is 0 Å². The first-order chi connectivity index (χ1) is 14.0. The van der Waals surface area contributed by atoms with Crippen LogP contribution in [-0.2, 0) is 17.8 Å². The highest BCUT2D eigenvalue weighted by Crippen LogP contribution is 2.32. The third-order valence-corrected chi connectivity index (χ3v) is 5.25. The lowest BCUT2D eigenvalue weighted by Crippen LogP contribution is -2.56. The van der Waals surface area contributed by atoms with Gasteiger partial charge in [-0.05, 0) is 37.1 Å². The van der Waals surface area contributed by atoms with Gasteiger partial charge in [-0.25, -0.2) is 0 Å². The zero-order chi connectivity index (χ0) is 20.4. The largest absolute Gasteiger partial charge is 0.454 e. The van der Waals surface area contributed by atoms with Crippen LogP contribution in [0.3, 0.4) is 0 Å². The van der Waals surface area contributed by atoms with Gasteiger partial charge in [0, 0.05) is 25.8 Å². The average molecular weight is 400 g/mol. The van der Waals surface area contributed by atoms with Crippen molar-refractivity contribution in [1.82, 2.24) is 20.0 Å². The molecule has 1 saturated heterocycles. The van der Waals surface area contributed by atoms with Crippen LogP contribution >= 0.6 is 0 Å². The molecule has 0 spiro atoms. The molecule has 0 bridgehead atoms. The first-order valence-electron chi connectivity index (χ1n) is 9.72. The van der Waals surface area contributed by atoms with Crippen LogP contribution in [0.2, 0.25) is 0 Å². The molecular formula is C20H24N4O5. The van der Waals surface area contributed by atoms with E-state index < -0.39 is 12.1 Å². The van der Waals surface area contributed by atoms with Crippen molar-refractivity contribution in [2.45, 2.75) is 38.5 Å². The summed E-state index contributed by atoms with van der Waals surface area (Å²) in [7, 11) is 0. The minimum atomic E-state index is -0.698. The summed E-state index contributed by atoms with van der Waals surface area (Å²) in [5, 5.41) is 17.3. The number of fused-ring (bicyclic) bond motifs is 1. The van der Waals surface area contributed by atoms with Crippen LogP contribution in [-0.4, -0.2) is 63.6 Å². The Labute approximate surface area is 168 Å². The highest BCUT2D eigenvalue weighted by Gasteiger charge is 2.32. The van der Waals surface area contributed by atoms with E-state index in [0.29, 0.717) is 36.7 Å². The van der Waals surface area contributed by atoms with E-state index in [2.05, 4.69) is 10.4 Å². The number of nitrogens with zero attached hydrogens (tertiary/aromatic N) is 3. The van der Waals surface area contributed by atoms with Crippen molar-refractivity contribution < 1.29 is 24.2 Å². The minimum absolute atomic E-state index is 0.147. The first kappa shape index (κ1) is 19.3. The third-order valence-electron chi connectivity index (χ3n) is 5.25. The van der Waals surface area contributed by atoms with Gasteiger partial charge < -0.3 is 24.8 Å². The highest BCUT2D eigenvalue weighted by atomic mass is 16.7. The van der Waals surface area contributed by atoms with E-state index in [1.165, 1.54) is 0 Å². The van der Waals surface area contributed by atoms with Gasteiger partial charge >= 0.3 is 0 Å². The summed E-state index contributed by atoms with van der Waals surface area (Å²) < 4.78 is 12.3. The normalized spacial score (nSPS) is 20.6. The monoisotopic (exact) mass is 400 g/mol. The molecule has 2 aliphatic heterocycles. The van der Waals surface area contributed by atoms with Crippen molar-refractivity contribution in [1.29, 1.82) is 0 Å². The fraction of sp³-hybridized carbons (Fsp3) is 0.450. The molecule has 0 radical (unpaired) electrons. The van der Waals surface area contributed by atoms with E-state index in [0.717, 1.165) is 5.56 Å². The highest BCUT2D eigenvalue weighted by molar-refractivity contribution is 5.92. The predicted octanol–water partition coefficient (Wildman–Crippen LogP) is 0.566. The molecule has 9 nitrogen and oxygen atoms in total. The number of likely N-dealkylation sites (tertiary alicyclic amines) is 1. The Bertz CT molecular complexity index is 912. The molecule has 2 aromatic rings. The van der Waals surface area contributed by atoms with Gasteiger partial charge in [0.1, 0.15) is 5.69 Å². The molecule has 9 heteroatoms. The number of ether oxygens (including phenoxy) is 2. The quantitative estimate of drug-likeness (QED) is 0.760. The van der Waals surface area contributed by atoms with Gasteiger partial charge in [-0.2, -0.15) is 5.10 Å². The predicted molar refractivity (Wildman–Crippen MR) is 103 cm³/mol. The van der Waals surface area contributed by atoms with Crippen LogP contribution in [0, 0.1) is 0 Å². The Balaban J connectivity index is 1.38. The van der Waals surface area contributed by atoms with E-state index in [9.17, 15) is 14.7 Å². The smallest absolute Gasteiger partial charge is 0.272 e. The van der Waals surface area contributed by atoms with Crippen molar-refractivity contribution in [2.24, 2.45) is 0 Å². The zero-order valence-corrected chi connectivity index (χ0v) is 16.2. The second kappa shape index (κ2) is 8.12. The fourth-order valence-corrected chi connectivity index (χ4v) is 3.69. The lowest BCUT2D eigenvalue weighted by molar-refractivity contribution is -0.122. The van der Waals surface area contributed by atoms with Crippen molar-refractivity contribution in [2.75, 3.05) is 19.9 Å². The molecule has 2 amide bonds. The summed E-state index contributed by atoms with van der Waals surface area (Å²) in [6, 6.07) is 6.53. The lowest BCUT2D eigenvalue weighted by Gasteiger charge is -2.36. The number of aliphatic hydroxyl groups is 1. The molecular weight excluding hydrogens is 376 g/mol. The van der Waals surface area contributed by atoms with E-state index in [1.54, 1.807) is 34.0 Å². The van der Waals surface area contributed by atoms with Gasteiger partial charge in [0.05, 0.1) is 18.6 Å². The minimum Gasteiger partial charge on any atom is -0.454 e. The second-order valence-corrected chi connectivity index (χ2v) is 7.18. The Hall–Kier alpha value is -3.07. The summed E-state index contributed by atoms with van der Waals surface area (Å²) >= 11 is 0. The fourth-order valence-electron chi connectivity index (χ4n) is 3.69. The molecule has 2 N–H and O–H groups in total. The van der Waals surface area contributed by atoms with E-state index in [-0.39, 0.29) is 31.6 Å². The maximum absolute atomic E-state index is 12.8. The number of hydrogen-bond donors (Lipinski definition) is 2. The number of benzene rings is 1. The molecule has 0 aliphatic carbocycles. The molecule has 2 aliphatic rings. The van der Waals surface area contributed by atoms with Crippen LogP contribution < -0.4 is 14.8 Å². The number of aromatic nitrogens is 2. The van der Waals surface area contributed by atoms with Crippen molar-refractivity contribution >= 4 is 11.8 Å². The second-order valence-electron chi connectivity index (χ2n) is 7.18. The molecule has 3 heterocycles. The van der Waals surface area contributed by atoms with Gasteiger partial charge in [0.25, 0.3) is 5.91 Å². The molecule has 1 aromatic heterocycles. The molecule has 29 heavy (non-hydrogen) atoms. The maximum Gasteiger partial charge on any atom is 0.272 e. The number of carbonyl (C=O) groups is 2. The van der Waals surface area contributed by atoms with Gasteiger partial charge in [-0.1, -0.05) is 6.07 Å². The van der Waals surface area contributed by atoms with E-state index in [1.807, 2.05) is 13.0 Å². The van der Waals surface area contributed by atoms with Crippen LogP contribution in [0.15, 0.2) is 30.5 Å². The van der Waals surface area contributed by atoms with Crippen molar-refractivity contribution in [3.05, 3.63) is 41.7 Å². The molecule has 154 valence electrons.